The van der Waals surface area contributed by atoms with E-state index in [1.807, 2.05) is 6.92 Å². The van der Waals surface area contributed by atoms with Crippen molar-refractivity contribution in [3.05, 3.63) is 35.1 Å². The lowest BCUT2D eigenvalue weighted by Crippen LogP contribution is -2.22. The predicted octanol–water partition coefficient (Wildman–Crippen LogP) is 3.10. The molecule has 1 aromatic rings. The van der Waals surface area contributed by atoms with E-state index in [2.05, 4.69) is 0 Å². The summed E-state index contributed by atoms with van der Waals surface area (Å²) in [5.74, 6) is -4.69. The Kier molecular flexibility index (Phi) is 10.4. The first-order valence-corrected chi connectivity index (χ1v) is 7.49. The molecule has 0 saturated carbocycles. The molecule has 0 fully saturated rings. The summed E-state index contributed by atoms with van der Waals surface area (Å²) in [7, 11) is 0. The third kappa shape index (κ3) is 9.83. The molecule has 0 heterocycles. The molecular formula is C16H22F3NO4. The van der Waals surface area contributed by atoms with Crippen LogP contribution in [-0.4, -0.2) is 28.2 Å². The molecule has 1 atom stereocenters. The Morgan fingerprint density at radius 1 is 1.00 bits per heavy atom. The van der Waals surface area contributed by atoms with Gasteiger partial charge >= 0.3 is 11.9 Å². The zero-order valence-electron chi connectivity index (χ0n) is 13.4. The lowest BCUT2D eigenvalue weighted by atomic mass is 10.0. The zero-order chi connectivity index (χ0) is 18.7. The van der Waals surface area contributed by atoms with E-state index in [4.69, 9.17) is 15.9 Å². The highest BCUT2D eigenvalue weighted by molar-refractivity contribution is 5.67. The fourth-order valence-electron chi connectivity index (χ4n) is 1.70. The number of rotatable bonds is 8. The van der Waals surface area contributed by atoms with Gasteiger partial charge in [0.25, 0.3) is 0 Å². The van der Waals surface area contributed by atoms with E-state index in [0.717, 1.165) is 6.07 Å². The minimum atomic E-state index is -1.17. The molecule has 0 aliphatic rings. The van der Waals surface area contributed by atoms with Gasteiger partial charge < -0.3 is 15.9 Å². The number of benzene rings is 1. The summed E-state index contributed by atoms with van der Waals surface area (Å²) in [5, 5.41) is 16.3. The maximum Gasteiger partial charge on any atom is 0.303 e. The van der Waals surface area contributed by atoms with Gasteiger partial charge in [0.1, 0.15) is 5.82 Å². The van der Waals surface area contributed by atoms with Crippen LogP contribution in [0.3, 0.4) is 0 Å². The molecule has 5 nitrogen and oxygen atoms in total. The van der Waals surface area contributed by atoms with Crippen molar-refractivity contribution in [3.8, 4) is 0 Å². The second-order valence-electron chi connectivity index (χ2n) is 5.22. The average molecular weight is 349 g/mol. The van der Waals surface area contributed by atoms with Crippen molar-refractivity contribution in [2.24, 2.45) is 5.73 Å². The number of aliphatic carboxylic acids is 2. The molecule has 0 radical (unpaired) electrons. The Labute approximate surface area is 138 Å². The van der Waals surface area contributed by atoms with Crippen molar-refractivity contribution >= 4 is 11.9 Å². The van der Waals surface area contributed by atoms with Gasteiger partial charge in [-0.15, -0.1) is 0 Å². The van der Waals surface area contributed by atoms with Gasteiger partial charge in [-0.3, -0.25) is 9.59 Å². The molecular weight excluding hydrogens is 327 g/mol. The molecule has 4 N–H and O–H groups in total. The molecule has 136 valence electrons. The van der Waals surface area contributed by atoms with Gasteiger partial charge in [0.2, 0.25) is 0 Å². The number of carboxylic acids is 2. The maximum absolute atomic E-state index is 13.1. The molecule has 1 aromatic carbocycles. The van der Waals surface area contributed by atoms with E-state index >= 15 is 0 Å². The van der Waals surface area contributed by atoms with Crippen molar-refractivity contribution in [2.45, 2.75) is 51.5 Å². The molecule has 0 bridgehead atoms. The van der Waals surface area contributed by atoms with Crippen LogP contribution in [0, 0.1) is 17.5 Å². The number of unbranched alkanes of at least 4 members (excludes halogenated alkanes) is 1. The van der Waals surface area contributed by atoms with Crippen molar-refractivity contribution in [3.63, 3.8) is 0 Å². The molecule has 0 aliphatic carbocycles. The molecule has 0 aliphatic heterocycles. The van der Waals surface area contributed by atoms with Crippen LogP contribution in [0.2, 0.25) is 0 Å². The third-order valence-electron chi connectivity index (χ3n) is 3.13. The summed E-state index contributed by atoms with van der Waals surface area (Å²) in [6.45, 7) is 1.85. The van der Waals surface area contributed by atoms with Gasteiger partial charge in [0.15, 0.2) is 11.6 Å². The summed E-state index contributed by atoms with van der Waals surface area (Å²) in [6, 6.07) is 1.18. The highest BCUT2D eigenvalue weighted by Gasteiger charge is 2.11. The van der Waals surface area contributed by atoms with Gasteiger partial charge in [-0.05, 0) is 37.3 Å². The lowest BCUT2D eigenvalue weighted by molar-refractivity contribution is -0.139. The van der Waals surface area contributed by atoms with E-state index in [1.165, 1.54) is 0 Å². The second kappa shape index (κ2) is 11.4. The van der Waals surface area contributed by atoms with E-state index < -0.39 is 29.4 Å². The normalized spacial score (nSPS) is 11.4. The standard InChI is InChI=1S/C10H12F3N.C6H10O4/c1-2-7(14)3-6-4-9(12)10(13)5-8(6)11;7-5(8)3-1-2-4-6(9)10/h4-5,7H,2-3,14H2,1H3;1-4H2,(H,7,8)(H,9,10). The van der Waals surface area contributed by atoms with Gasteiger partial charge in [-0.2, -0.15) is 0 Å². The van der Waals surface area contributed by atoms with Crippen LogP contribution in [0.5, 0.6) is 0 Å². The van der Waals surface area contributed by atoms with Crippen molar-refractivity contribution in [1.82, 2.24) is 0 Å². The first-order valence-electron chi connectivity index (χ1n) is 7.49. The molecule has 0 saturated heterocycles. The minimum Gasteiger partial charge on any atom is -0.481 e. The zero-order valence-corrected chi connectivity index (χ0v) is 13.4. The van der Waals surface area contributed by atoms with Crippen LogP contribution in [0.1, 0.15) is 44.6 Å². The summed E-state index contributed by atoms with van der Waals surface area (Å²) in [6.07, 6.45) is 1.90. The Balaban J connectivity index is 0.000000470. The first-order chi connectivity index (χ1) is 11.2. The Morgan fingerprint density at radius 2 is 1.46 bits per heavy atom. The fraction of sp³-hybridized carbons (Fsp3) is 0.500. The molecule has 0 amide bonds. The molecule has 0 spiro atoms. The number of nitrogens with two attached hydrogens (primary N) is 1. The lowest BCUT2D eigenvalue weighted by Gasteiger charge is -2.09. The third-order valence-corrected chi connectivity index (χ3v) is 3.13. The monoisotopic (exact) mass is 349 g/mol. The van der Waals surface area contributed by atoms with Crippen LogP contribution in [-0.2, 0) is 16.0 Å². The van der Waals surface area contributed by atoms with Crippen molar-refractivity contribution in [1.29, 1.82) is 0 Å². The SMILES string of the molecule is CCC(N)Cc1cc(F)c(F)cc1F.O=C(O)CCCCC(=O)O. The van der Waals surface area contributed by atoms with Crippen LogP contribution in [0.15, 0.2) is 12.1 Å². The molecule has 8 heteroatoms. The number of carbonyl (C=O) groups is 2. The summed E-state index contributed by atoms with van der Waals surface area (Å²) >= 11 is 0. The summed E-state index contributed by atoms with van der Waals surface area (Å²) < 4.78 is 38.3. The second-order valence-corrected chi connectivity index (χ2v) is 5.22. The highest BCUT2D eigenvalue weighted by atomic mass is 19.2. The van der Waals surface area contributed by atoms with Crippen LogP contribution in [0.25, 0.3) is 0 Å². The van der Waals surface area contributed by atoms with Crippen molar-refractivity contribution < 1.29 is 33.0 Å². The Bertz CT molecular complexity index is 536. The molecule has 0 aromatic heterocycles. The first kappa shape index (κ1) is 21.9. The number of hydrogen-bond acceptors (Lipinski definition) is 3. The van der Waals surface area contributed by atoms with Crippen LogP contribution < -0.4 is 5.73 Å². The van der Waals surface area contributed by atoms with E-state index in [-0.39, 0.29) is 30.9 Å². The van der Waals surface area contributed by atoms with Crippen LogP contribution in [0.4, 0.5) is 13.2 Å². The molecule has 24 heavy (non-hydrogen) atoms. The van der Waals surface area contributed by atoms with Gasteiger partial charge in [0.05, 0.1) is 0 Å². The van der Waals surface area contributed by atoms with Gasteiger partial charge in [-0.25, -0.2) is 13.2 Å². The summed E-state index contributed by atoms with van der Waals surface area (Å²) in [5.41, 5.74) is 5.70. The molecule has 1 unspecified atom stereocenters. The smallest absolute Gasteiger partial charge is 0.303 e. The predicted molar refractivity (Wildman–Crippen MR) is 82.0 cm³/mol. The fourth-order valence-corrected chi connectivity index (χ4v) is 1.70. The highest BCUT2D eigenvalue weighted by Crippen LogP contribution is 2.15. The van der Waals surface area contributed by atoms with Gasteiger partial charge in [0, 0.05) is 24.9 Å². The van der Waals surface area contributed by atoms with E-state index in [9.17, 15) is 22.8 Å². The van der Waals surface area contributed by atoms with E-state index in [1.54, 1.807) is 0 Å². The van der Waals surface area contributed by atoms with Crippen molar-refractivity contribution in [2.75, 3.05) is 0 Å². The molecule has 1 rings (SSSR count). The maximum atomic E-state index is 13.1. The topological polar surface area (TPSA) is 101 Å². The van der Waals surface area contributed by atoms with E-state index in [0.29, 0.717) is 25.3 Å². The Morgan fingerprint density at radius 3 is 1.88 bits per heavy atom. The quantitative estimate of drug-likeness (QED) is 0.494. The average Bonchev–Trinajstić information content (AvgIpc) is 2.49. The summed E-state index contributed by atoms with van der Waals surface area (Å²) in [4.78, 5) is 19.8. The van der Waals surface area contributed by atoms with Gasteiger partial charge in [-0.1, -0.05) is 6.92 Å². The van der Waals surface area contributed by atoms with Crippen LogP contribution >= 0.6 is 0 Å². The minimum absolute atomic E-state index is 0.0628. The number of hydrogen-bond donors (Lipinski definition) is 3. The number of halogens is 3. The Hall–Kier alpha value is -2.09. The number of carboxylic acid groups (broad SMARTS) is 2. The largest absolute Gasteiger partial charge is 0.481 e.